The Labute approximate surface area is 80.6 Å². The number of hydrogen-bond donors (Lipinski definition) is 1. The van der Waals surface area contributed by atoms with Crippen LogP contribution in [0.4, 0.5) is 0 Å². The number of aromatic nitrogens is 2. The predicted molar refractivity (Wildman–Crippen MR) is 53.0 cm³/mol. The van der Waals surface area contributed by atoms with Gasteiger partial charge in [0.1, 0.15) is 0 Å². The summed E-state index contributed by atoms with van der Waals surface area (Å²) in [6, 6.07) is 1.99. The van der Waals surface area contributed by atoms with Crippen molar-refractivity contribution < 1.29 is 0 Å². The van der Waals surface area contributed by atoms with Crippen molar-refractivity contribution in [3.05, 3.63) is 29.0 Å². The van der Waals surface area contributed by atoms with Crippen molar-refractivity contribution in [1.82, 2.24) is 15.1 Å². The van der Waals surface area contributed by atoms with Crippen LogP contribution in [0.5, 0.6) is 0 Å². The van der Waals surface area contributed by atoms with E-state index in [1.54, 1.807) is 6.20 Å². The first-order valence-electron chi connectivity index (χ1n) is 3.71. The van der Waals surface area contributed by atoms with Crippen LogP contribution >= 0.6 is 15.9 Å². The lowest BCUT2D eigenvalue weighted by atomic mass is 10.4. The molecule has 0 fully saturated rings. The van der Waals surface area contributed by atoms with Gasteiger partial charge in [0.25, 0.3) is 0 Å². The van der Waals surface area contributed by atoms with Gasteiger partial charge in [-0.3, -0.25) is 4.68 Å². The maximum atomic E-state index is 4.06. The summed E-state index contributed by atoms with van der Waals surface area (Å²) in [7, 11) is 1.93. The first-order chi connectivity index (χ1) is 5.70. The molecule has 66 valence electrons. The van der Waals surface area contributed by atoms with Crippen LogP contribution in [0.1, 0.15) is 5.69 Å². The van der Waals surface area contributed by atoms with E-state index >= 15 is 0 Å². The molecule has 0 radical (unpaired) electrons. The summed E-state index contributed by atoms with van der Waals surface area (Å²) in [6.07, 6.45) is 1.79. The van der Waals surface area contributed by atoms with Crippen molar-refractivity contribution in [3.8, 4) is 0 Å². The van der Waals surface area contributed by atoms with Crippen molar-refractivity contribution in [2.45, 2.75) is 6.54 Å². The molecular formula is C8H12BrN3. The van der Waals surface area contributed by atoms with Crippen LogP contribution in [0.15, 0.2) is 23.3 Å². The van der Waals surface area contributed by atoms with E-state index in [1.807, 2.05) is 17.8 Å². The largest absolute Gasteiger partial charge is 0.307 e. The van der Waals surface area contributed by atoms with Gasteiger partial charge in [0.05, 0.1) is 5.69 Å². The Hall–Kier alpha value is -0.610. The van der Waals surface area contributed by atoms with Gasteiger partial charge in [-0.15, -0.1) is 0 Å². The van der Waals surface area contributed by atoms with Crippen LogP contribution in [0.25, 0.3) is 0 Å². The average Bonchev–Trinajstić information content (AvgIpc) is 2.36. The lowest BCUT2D eigenvalue weighted by molar-refractivity contribution is 0.654. The number of hydrogen-bond acceptors (Lipinski definition) is 2. The highest BCUT2D eigenvalue weighted by molar-refractivity contribution is 9.11. The van der Waals surface area contributed by atoms with Gasteiger partial charge in [0.15, 0.2) is 0 Å². The van der Waals surface area contributed by atoms with Gasteiger partial charge in [0.2, 0.25) is 0 Å². The Morgan fingerprint density at radius 1 is 1.83 bits per heavy atom. The first kappa shape index (κ1) is 9.48. The van der Waals surface area contributed by atoms with Gasteiger partial charge in [-0.05, 0) is 6.07 Å². The van der Waals surface area contributed by atoms with Crippen LogP contribution in [0.3, 0.4) is 0 Å². The summed E-state index contributed by atoms with van der Waals surface area (Å²) in [6.45, 7) is 5.33. The Morgan fingerprint density at radius 2 is 2.58 bits per heavy atom. The van der Waals surface area contributed by atoms with Gasteiger partial charge < -0.3 is 5.32 Å². The molecule has 0 saturated heterocycles. The highest BCUT2D eigenvalue weighted by atomic mass is 79.9. The van der Waals surface area contributed by atoms with E-state index in [9.17, 15) is 0 Å². The van der Waals surface area contributed by atoms with E-state index in [1.165, 1.54) is 5.69 Å². The van der Waals surface area contributed by atoms with E-state index < -0.39 is 0 Å². The molecule has 3 nitrogen and oxygen atoms in total. The standard InChI is InChI=1S/C8H12BrN3/c1-7(9)5-10-6-8-3-4-11-12(8)2/h3-4,10H,1,5-6H2,2H3. The van der Waals surface area contributed by atoms with E-state index in [0.29, 0.717) is 0 Å². The Morgan fingerprint density at radius 3 is 3.08 bits per heavy atom. The molecule has 0 amide bonds. The maximum Gasteiger partial charge on any atom is 0.0518 e. The Bertz CT molecular complexity index is 267. The molecule has 1 aromatic rings. The van der Waals surface area contributed by atoms with Crippen LogP contribution < -0.4 is 5.32 Å². The van der Waals surface area contributed by atoms with Crippen molar-refractivity contribution in [3.63, 3.8) is 0 Å². The molecule has 0 unspecified atom stereocenters. The van der Waals surface area contributed by atoms with E-state index in [0.717, 1.165) is 17.6 Å². The third-order valence-corrected chi connectivity index (χ3v) is 1.83. The monoisotopic (exact) mass is 229 g/mol. The second-order valence-electron chi connectivity index (χ2n) is 2.57. The summed E-state index contributed by atoms with van der Waals surface area (Å²) < 4.78 is 2.81. The number of halogens is 1. The number of rotatable bonds is 4. The third-order valence-electron chi connectivity index (χ3n) is 1.55. The van der Waals surface area contributed by atoms with Crippen LogP contribution in [0.2, 0.25) is 0 Å². The zero-order chi connectivity index (χ0) is 8.97. The van der Waals surface area contributed by atoms with E-state index in [-0.39, 0.29) is 0 Å². The fraction of sp³-hybridized carbons (Fsp3) is 0.375. The quantitative estimate of drug-likeness (QED) is 0.847. The van der Waals surface area contributed by atoms with Gasteiger partial charge >= 0.3 is 0 Å². The molecule has 0 spiro atoms. The Balaban J connectivity index is 2.33. The average molecular weight is 230 g/mol. The van der Waals surface area contributed by atoms with E-state index in [4.69, 9.17) is 0 Å². The summed E-state index contributed by atoms with van der Waals surface area (Å²) in [5.41, 5.74) is 1.17. The van der Waals surface area contributed by atoms with Crippen LogP contribution in [-0.2, 0) is 13.6 Å². The fourth-order valence-electron chi connectivity index (χ4n) is 0.901. The topological polar surface area (TPSA) is 29.9 Å². The minimum atomic E-state index is 0.783. The number of nitrogens with zero attached hydrogens (tertiary/aromatic N) is 2. The molecule has 0 aliphatic heterocycles. The zero-order valence-electron chi connectivity index (χ0n) is 7.05. The molecule has 1 N–H and O–H groups in total. The summed E-state index contributed by atoms with van der Waals surface area (Å²) in [4.78, 5) is 0. The highest BCUT2D eigenvalue weighted by Crippen LogP contribution is 1.99. The van der Waals surface area contributed by atoms with Crippen LogP contribution in [-0.4, -0.2) is 16.3 Å². The molecule has 4 heteroatoms. The molecule has 0 aliphatic carbocycles. The lowest BCUT2D eigenvalue weighted by Gasteiger charge is -2.03. The van der Waals surface area contributed by atoms with Gasteiger partial charge in [-0.25, -0.2) is 0 Å². The summed E-state index contributed by atoms with van der Waals surface area (Å²) in [5.74, 6) is 0. The highest BCUT2D eigenvalue weighted by Gasteiger charge is 1.96. The smallest absolute Gasteiger partial charge is 0.0518 e. The molecule has 0 aromatic carbocycles. The zero-order valence-corrected chi connectivity index (χ0v) is 8.63. The molecule has 1 aromatic heterocycles. The minimum absolute atomic E-state index is 0.783. The SMILES string of the molecule is C=C(Br)CNCc1ccnn1C. The van der Waals surface area contributed by atoms with Crippen LogP contribution in [0, 0.1) is 0 Å². The normalized spacial score (nSPS) is 10.2. The van der Waals surface area contributed by atoms with Gasteiger partial charge in [-0.1, -0.05) is 22.5 Å². The molecular weight excluding hydrogens is 218 g/mol. The predicted octanol–water partition coefficient (Wildman–Crippen LogP) is 1.42. The summed E-state index contributed by atoms with van der Waals surface area (Å²) in [5, 5.41) is 7.28. The molecule has 0 atom stereocenters. The van der Waals surface area contributed by atoms with Crippen molar-refractivity contribution in [1.29, 1.82) is 0 Å². The summed E-state index contributed by atoms with van der Waals surface area (Å²) >= 11 is 3.28. The molecule has 1 rings (SSSR count). The Kier molecular flexibility index (Phi) is 3.49. The minimum Gasteiger partial charge on any atom is -0.307 e. The number of nitrogens with one attached hydrogen (secondary N) is 1. The molecule has 0 saturated carbocycles. The molecule has 0 bridgehead atoms. The van der Waals surface area contributed by atoms with Crippen molar-refractivity contribution in [2.24, 2.45) is 7.05 Å². The fourth-order valence-corrected chi connectivity index (χ4v) is 1.10. The lowest BCUT2D eigenvalue weighted by Crippen LogP contribution is -2.16. The second kappa shape index (κ2) is 4.42. The second-order valence-corrected chi connectivity index (χ2v) is 3.69. The molecule has 12 heavy (non-hydrogen) atoms. The van der Waals surface area contributed by atoms with Crippen molar-refractivity contribution >= 4 is 15.9 Å². The van der Waals surface area contributed by atoms with Crippen molar-refractivity contribution in [2.75, 3.05) is 6.54 Å². The maximum absolute atomic E-state index is 4.06. The van der Waals surface area contributed by atoms with E-state index in [2.05, 4.69) is 32.9 Å². The number of aryl methyl sites for hydroxylation is 1. The van der Waals surface area contributed by atoms with Gasteiger partial charge in [0, 0.05) is 30.8 Å². The molecule has 0 aliphatic rings. The molecule has 1 heterocycles. The van der Waals surface area contributed by atoms with Gasteiger partial charge in [-0.2, -0.15) is 5.10 Å². The third kappa shape index (κ3) is 2.79. The first-order valence-corrected chi connectivity index (χ1v) is 4.50.